The Bertz CT molecular complexity index is 439. The van der Waals surface area contributed by atoms with Crippen LogP contribution in [0.3, 0.4) is 0 Å². The quantitative estimate of drug-likeness (QED) is 0.236. The van der Waals surface area contributed by atoms with Gasteiger partial charge in [0.2, 0.25) is 0 Å². The Hall–Kier alpha value is -1.01. The summed E-state index contributed by atoms with van der Waals surface area (Å²) in [4.78, 5) is 0. The van der Waals surface area contributed by atoms with Crippen molar-refractivity contribution in [1.29, 1.82) is 0 Å². The lowest BCUT2D eigenvalue weighted by atomic mass is 10.1. The minimum Gasteiger partial charge on any atom is -0.391 e. The molecule has 0 heterocycles. The minimum absolute atomic E-state index is 0.110. The highest BCUT2D eigenvalue weighted by molar-refractivity contribution is 4.80. The molecule has 1 atom stereocenters. The molecule has 0 bridgehead atoms. The molecular weight excluding hydrogens is 399 g/mol. The minimum atomic E-state index is -6.60. The third-order valence-corrected chi connectivity index (χ3v) is 3.30. The van der Waals surface area contributed by atoms with Crippen molar-refractivity contribution < 1.29 is 54.1 Å². The number of allylic oxidation sites excluding steroid dienone is 1. The number of ether oxygens (including phenoxy) is 2. The number of rotatable bonds is 14. The predicted octanol–water partition coefficient (Wildman–Crippen LogP) is 5.29. The first-order valence-electron chi connectivity index (χ1n) is 7.93. The zero-order chi connectivity index (χ0) is 21.4. The van der Waals surface area contributed by atoms with Gasteiger partial charge >= 0.3 is 24.3 Å². The molecule has 0 saturated heterocycles. The van der Waals surface area contributed by atoms with Crippen molar-refractivity contribution in [2.75, 3.05) is 13.2 Å². The molecule has 162 valence electrons. The van der Waals surface area contributed by atoms with E-state index >= 15 is 0 Å². The summed E-state index contributed by atoms with van der Waals surface area (Å²) >= 11 is 0. The Kier molecular flexibility index (Phi) is 10.1. The van der Waals surface area contributed by atoms with Gasteiger partial charge in [0.05, 0.1) is 12.7 Å². The number of aliphatic hydroxyl groups is 1. The summed E-state index contributed by atoms with van der Waals surface area (Å²) in [7, 11) is 0. The average Bonchev–Trinajstić information content (AvgIpc) is 2.48. The summed E-state index contributed by atoms with van der Waals surface area (Å²) in [6.45, 7) is 0.488. The van der Waals surface area contributed by atoms with Crippen LogP contribution in [0.15, 0.2) is 12.7 Å². The second kappa shape index (κ2) is 10.5. The van der Waals surface area contributed by atoms with Crippen LogP contribution in [0.4, 0.5) is 39.5 Å². The van der Waals surface area contributed by atoms with E-state index in [1.54, 1.807) is 6.08 Å². The number of hydrogen-bond acceptors (Lipinski definition) is 3. The van der Waals surface area contributed by atoms with Crippen molar-refractivity contribution in [3.05, 3.63) is 12.7 Å². The SMILES string of the molecule is C=CCCCCCC[C@@H](O)COCC(F)(F)C(F)(F)OC(F)(F)C(F)(F)F. The van der Waals surface area contributed by atoms with E-state index in [2.05, 4.69) is 11.3 Å². The van der Waals surface area contributed by atoms with Gasteiger partial charge in [-0.25, -0.2) is 4.74 Å². The zero-order valence-electron chi connectivity index (χ0n) is 14.2. The lowest BCUT2D eigenvalue weighted by Gasteiger charge is -2.30. The molecule has 0 aromatic rings. The Morgan fingerprint density at radius 1 is 0.852 bits per heavy atom. The molecule has 27 heavy (non-hydrogen) atoms. The number of halogens is 9. The highest BCUT2D eigenvalue weighted by Crippen LogP contribution is 2.45. The summed E-state index contributed by atoms with van der Waals surface area (Å²) < 4.78 is 119. The molecule has 3 nitrogen and oxygen atoms in total. The summed E-state index contributed by atoms with van der Waals surface area (Å²) in [5, 5.41) is 9.47. The molecule has 0 aliphatic heterocycles. The highest BCUT2D eigenvalue weighted by Gasteiger charge is 2.70. The number of alkyl halides is 9. The van der Waals surface area contributed by atoms with Crippen LogP contribution in [0.5, 0.6) is 0 Å². The molecule has 0 aliphatic carbocycles. The molecule has 0 aromatic carbocycles. The summed E-state index contributed by atoms with van der Waals surface area (Å²) in [6, 6.07) is 0. The third-order valence-electron chi connectivity index (χ3n) is 3.30. The van der Waals surface area contributed by atoms with E-state index in [-0.39, 0.29) is 6.42 Å². The van der Waals surface area contributed by atoms with Crippen LogP contribution in [0.2, 0.25) is 0 Å². The van der Waals surface area contributed by atoms with Crippen LogP contribution in [0, 0.1) is 0 Å². The molecular formula is C15H21F9O3. The third kappa shape index (κ3) is 9.15. The Labute approximate surface area is 150 Å². The second-order valence-corrected chi connectivity index (χ2v) is 5.79. The Morgan fingerprint density at radius 2 is 1.41 bits per heavy atom. The highest BCUT2D eigenvalue weighted by atomic mass is 19.4. The molecule has 1 N–H and O–H groups in total. The van der Waals surface area contributed by atoms with Gasteiger partial charge in [0.15, 0.2) is 0 Å². The molecule has 0 aliphatic rings. The largest absolute Gasteiger partial charge is 0.483 e. The van der Waals surface area contributed by atoms with Crippen LogP contribution in [0.25, 0.3) is 0 Å². The average molecular weight is 420 g/mol. The van der Waals surface area contributed by atoms with Crippen LogP contribution in [0.1, 0.15) is 38.5 Å². The van der Waals surface area contributed by atoms with E-state index < -0.39 is 43.6 Å². The first-order chi connectivity index (χ1) is 12.2. The van der Waals surface area contributed by atoms with E-state index in [4.69, 9.17) is 0 Å². The number of aliphatic hydroxyl groups excluding tert-OH is 1. The topological polar surface area (TPSA) is 38.7 Å². The second-order valence-electron chi connectivity index (χ2n) is 5.79. The fraction of sp³-hybridized carbons (Fsp3) is 0.867. The molecule has 0 amide bonds. The predicted molar refractivity (Wildman–Crippen MR) is 76.7 cm³/mol. The first kappa shape index (κ1) is 26.0. The lowest BCUT2D eigenvalue weighted by Crippen LogP contribution is -2.53. The van der Waals surface area contributed by atoms with E-state index in [0.29, 0.717) is 12.8 Å². The molecule has 0 spiro atoms. The van der Waals surface area contributed by atoms with Gasteiger partial charge in [0, 0.05) is 0 Å². The van der Waals surface area contributed by atoms with E-state index in [1.165, 1.54) is 0 Å². The van der Waals surface area contributed by atoms with Gasteiger partial charge in [-0.15, -0.1) is 6.58 Å². The van der Waals surface area contributed by atoms with E-state index in [9.17, 15) is 44.6 Å². The van der Waals surface area contributed by atoms with Gasteiger partial charge in [-0.2, -0.15) is 39.5 Å². The van der Waals surface area contributed by atoms with Gasteiger partial charge in [-0.05, 0) is 19.3 Å². The van der Waals surface area contributed by atoms with E-state index in [0.717, 1.165) is 19.3 Å². The van der Waals surface area contributed by atoms with Crippen LogP contribution < -0.4 is 0 Å². The van der Waals surface area contributed by atoms with Crippen molar-refractivity contribution >= 4 is 0 Å². The van der Waals surface area contributed by atoms with Crippen molar-refractivity contribution in [2.24, 2.45) is 0 Å². The maximum atomic E-state index is 13.2. The maximum absolute atomic E-state index is 13.2. The fourth-order valence-corrected chi connectivity index (χ4v) is 1.81. The van der Waals surface area contributed by atoms with Gasteiger partial charge in [-0.3, -0.25) is 0 Å². The summed E-state index contributed by atoms with van der Waals surface area (Å²) in [5.74, 6) is -5.48. The van der Waals surface area contributed by atoms with Crippen molar-refractivity contribution in [2.45, 2.75) is 68.9 Å². The monoisotopic (exact) mass is 420 g/mol. The molecule has 0 rings (SSSR count). The van der Waals surface area contributed by atoms with Gasteiger partial charge in [-0.1, -0.05) is 25.3 Å². The summed E-state index contributed by atoms with van der Waals surface area (Å²) in [6.07, 6.45) is -15.0. The standard InChI is InChI=1S/C15H21F9O3/c1-2-3-4-5-6-7-8-11(25)9-26-10-12(16,17)14(21,22)27-15(23,24)13(18,19)20/h2,11,25H,1,3-10H2/t11-/m1/s1. The lowest BCUT2D eigenvalue weighted by molar-refractivity contribution is -0.488. The van der Waals surface area contributed by atoms with E-state index in [1.807, 2.05) is 4.74 Å². The van der Waals surface area contributed by atoms with Crippen molar-refractivity contribution in [3.8, 4) is 0 Å². The summed E-state index contributed by atoms with van der Waals surface area (Å²) in [5.41, 5.74) is 0. The maximum Gasteiger partial charge on any atom is 0.483 e. The number of hydrogen-bond donors (Lipinski definition) is 1. The zero-order valence-corrected chi connectivity index (χ0v) is 14.2. The molecule has 12 heteroatoms. The number of unbranched alkanes of at least 4 members (excludes halogenated alkanes) is 4. The normalized spacial score (nSPS) is 15.0. The van der Waals surface area contributed by atoms with Gasteiger partial charge in [0.25, 0.3) is 0 Å². The van der Waals surface area contributed by atoms with Crippen LogP contribution in [-0.2, 0) is 9.47 Å². The van der Waals surface area contributed by atoms with Crippen LogP contribution in [-0.4, -0.2) is 48.7 Å². The molecule has 0 saturated carbocycles. The Morgan fingerprint density at radius 3 is 1.93 bits per heavy atom. The van der Waals surface area contributed by atoms with Crippen molar-refractivity contribution in [3.63, 3.8) is 0 Å². The van der Waals surface area contributed by atoms with Crippen LogP contribution >= 0.6 is 0 Å². The first-order valence-corrected chi connectivity index (χ1v) is 7.93. The molecule has 0 aromatic heterocycles. The van der Waals surface area contributed by atoms with Crippen molar-refractivity contribution in [1.82, 2.24) is 0 Å². The Balaban J connectivity index is 4.35. The molecule has 0 fully saturated rings. The fourth-order valence-electron chi connectivity index (χ4n) is 1.81. The molecule has 0 radical (unpaired) electrons. The smallest absolute Gasteiger partial charge is 0.391 e. The molecule has 0 unspecified atom stereocenters. The van der Waals surface area contributed by atoms with Gasteiger partial charge in [0.1, 0.15) is 6.61 Å². The van der Waals surface area contributed by atoms with Gasteiger partial charge < -0.3 is 9.84 Å².